The van der Waals surface area contributed by atoms with E-state index in [0.29, 0.717) is 14.5 Å². The van der Waals surface area contributed by atoms with Crippen LogP contribution in [0.5, 0.6) is 5.75 Å². The summed E-state index contributed by atoms with van der Waals surface area (Å²) in [4.78, 5) is 4.89. The average Bonchev–Trinajstić information content (AvgIpc) is 2.91. The molecular weight excluding hydrogens is 533 g/mol. The van der Waals surface area contributed by atoms with Crippen molar-refractivity contribution in [1.29, 1.82) is 0 Å². The van der Waals surface area contributed by atoms with Crippen molar-refractivity contribution in [1.82, 2.24) is 0 Å². The summed E-state index contributed by atoms with van der Waals surface area (Å²) in [6.45, 7) is 28.0. The normalized spacial score (nSPS) is 15.5. The van der Waals surface area contributed by atoms with Gasteiger partial charge in [0.15, 0.2) is 6.79 Å². The standard InChI is InChI=1S/C38H62NO2P/c1-14-16-20-28(3)37(10,11)31-24-30(35(4,5)6)25-32(34(31)41-27-40-13)38(12,23-17-15-2)42-33-22-19-18-21-29(33)26-39-36(7,8)9/h18-19,21-22,24-26,28,42H,14-17,20,23,27H2,1-13H3/b39-26+. The lowest BCUT2D eigenvalue weighted by atomic mass is 9.69. The van der Waals surface area contributed by atoms with Crippen LogP contribution < -0.4 is 10.0 Å². The van der Waals surface area contributed by atoms with Crippen LogP contribution in [-0.4, -0.2) is 25.7 Å². The largest absolute Gasteiger partial charge is 0.467 e. The predicted molar refractivity (Wildman–Crippen MR) is 188 cm³/mol. The van der Waals surface area contributed by atoms with Crippen LogP contribution in [0.15, 0.2) is 41.4 Å². The molecule has 0 saturated carbocycles. The van der Waals surface area contributed by atoms with Gasteiger partial charge in [0.25, 0.3) is 0 Å². The molecule has 4 heteroatoms. The van der Waals surface area contributed by atoms with Gasteiger partial charge in [0.2, 0.25) is 0 Å². The smallest absolute Gasteiger partial charge is 0.188 e. The third kappa shape index (κ3) is 9.92. The number of unbranched alkanes of at least 4 members (excludes halogenated alkanes) is 2. The molecule has 3 unspecified atom stereocenters. The van der Waals surface area contributed by atoms with E-state index in [-0.39, 0.29) is 28.3 Å². The Kier molecular flexibility index (Phi) is 13.3. The van der Waals surface area contributed by atoms with Gasteiger partial charge in [-0.25, -0.2) is 0 Å². The van der Waals surface area contributed by atoms with Gasteiger partial charge in [0, 0.05) is 29.6 Å². The van der Waals surface area contributed by atoms with Crippen molar-refractivity contribution in [3.8, 4) is 5.75 Å². The summed E-state index contributed by atoms with van der Waals surface area (Å²) in [6, 6.07) is 13.7. The number of rotatable bonds is 15. The van der Waals surface area contributed by atoms with Crippen molar-refractivity contribution < 1.29 is 9.47 Å². The molecule has 3 atom stereocenters. The molecule has 2 aromatic rings. The van der Waals surface area contributed by atoms with E-state index in [1.807, 2.05) is 0 Å². The minimum atomic E-state index is -0.112. The average molecular weight is 596 g/mol. The van der Waals surface area contributed by atoms with Crippen LogP contribution in [0.1, 0.15) is 144 Å². The SMILES string of the molecule is CCCCC(C)C(C)(C)c1cc(C(C)(C)C)cc(C(C)(CCCC)Pc2ccccc2/C=N/C(C)(C)C)c1OCOC. The molecule has 2 aromatic carbocycles. The summed E-state index contributed by atoms with van der Waals surface area (Å²) in [7, 11) is 2.29. The highest BCUT2D eigenvalue weighted by atomic mass is 31.1. The summed E-state index contributed by atoms with van der Waals surface area (Å²) in [6.07, 6.45) is 9.17. The second-order valence-corrected chi connectivity index (χ2v) is 16.9. The van der Waals surface area contributed by atoms with Crippen molar-refractivity contribution in [3.63, 3.8) is 0 Å². The maximum atomic E-state index is 6.67. The number of ether oxygens (including phenoxy) is 2. The number of hydrogen-bond donors (Lipinski definition) is 0. The molecule has 0 saturated heterocycles. The van der Waals surface area contributed by atoms with Crippen molar-refractivity contribution >= 4 is 20.1 Å². The first kappa shape index (κ1) is 36.5. The van der Waals surface area contributed by atoms with E-state index in [1.165, 1.54) is 46.8 Å². The molecule has 0 radical (unpaired) electrons. The number of nitrogens with zero attached hydrogens (tertiary/aromatic N) is 1. The zero-order valence-corrected chi connectivity index (χ0v) is 30.3. The van der Waals surface area contributed by atoms with Gasteiger partial charge in [-0.05, 0) is 66.8 Å². The fourth-order valence-electron chi connectivity index (χ4n) is 5.44. The van der Waals surface area contributed by atoms with E-state index in [2.05, 4.69) is 126 Å². The first-order valence-electron chi connectivity index (χ1n) is 16.2. The molecule has 42 heavy (non-hydrogen) atoms. The van der Waals surface area contributed by atoms with E-state index < -0.39 is 0 Å². The fraction of sp³-hybridized carbons (Fsp3) is 0.658. The molecule has 2 rings (SSSR count). The Morgan fingerprint density at radius 1 is 0.881 bits per heavy atom. The van der Waals surface area contributed by atoms with Crippen LogP contribution in [0.3, 0.4) is 0 Å². The van der Waals surface area contributed by atoms with Crippen molar-refractivity contribution in [3.05, 3.63) is 58.7 Å². The second-order valence-electron chi connectivity index (χ2n) is 15.0. The summed E-state index contributed by atoms with van der Waals surface area (Å²) in [5.74, 6) is 1.55. The number of aliphatic imine (C=N–C) groups is 1. The van der Waals surface area contributed by atoms with Gasteiger partial charge < -0.3 is 9.47 Å². The fourth-order valence-corrected chi connectivity index (χ4v) is 7.13. The van der Waals surface area contributed by atoms with Crippen LogP contribution in [0, 0.1) is 5.92 Å². The van der Waals surface area contributed by atoms with Gasteiger partial charge in [-0.1, -0.05) is 133 Å². The zero-order valence-electron chi connectivity index (χ0n) is 29.3. The lowest BCUT2D eigenvalue weighted by molar-refractivity contribution is 0.0480. The molecule has 0 fully saturated rings. The molecule has 0 bridgehead atoms. The molecule has 0 N–H and O–H groups in total. The van der Waals surface area contributed by atoms with Crippen LogP contribution in [-0.2, 0) is 20.7 Å². The Hall–Kier alpha value is -1.70. The highest BCUT2D eigenvalue weighted by Crippen LogP contribution is 2.53. The van der Waals surface area contributed by atoms with Crippen molar-refractivity contribution in [2.75, 3.05) is 13.9 Å². The van der Waals surface area contributed by atoms with Crippen LogP contribution in [0.25, 0.3) is 0 Å². The van der Waals surface area contributed by atoms with E-state index in [0.717, 1.165) is 25.0 Å². The lowest BCUT2D eigenvalue weighted by Gasteiger charge is -2.40. The Labute approximate surface area is 261 Å². The number of hydrogen-bond acceptors (Lipinski definition) is 3. The maximum Gasteiger partial charge on any atom is 0.188 e. The van der Waals surface area contributed by atoms with E-state index in [1.54, 1.807) is 7.11 Å². The van der Waals surface area contributed by atoms with Gasteiger partial charge in [0.05, 0.1) is 5.54 Å². The summed E-state index contributed by atoms with van der Waals surface area (Å²) in [5, 5.41) is 1.25. The van der Waals surface area contributed by atoms with E-state index in [9.17, 15) is 0 Å². The molecule has 0 aliphatic rings. The van der Waals surface area contributed by atoms with E-state index in [4.69, 9.17) is 14.5 Å². The van der Waals surface area contributed by atoms with Crippen molar-refractivity contribution in [2.45, 2.75) is 143 Å². The third-order valence-corrected chi connectivity index (χ3v) is 10.6. The molecule has 0 amide bonds. The quantitative estimate of drug-likeness (QED) is 0.116. The molecule has 0 aliphatic heterocycles. The molecular formula is C38H62NO2P. The van der Waals surface area contributed by atoms with Gasteiger partial charge in [0.1, 0.15) is 5.75 Å². The molecule has 0 aromatic heterocycles. The molecule has 0 aliphatic carbocycles. The predicted octanol–water partition coefficient (Wildman–Crippen LogP) is 10.7. The Bertz CT molecular complexity index is 1150. The van der Waals surface area contributed by atoms with Gasteiger partial charge >= 0.3 is 0 Å². The monoisotopic (exact) mass is 595 g/mol. The molecule has 236 valence electrons. The molecule has 0 spiro atoms. The third-order valence-electron chi connectivity index (χ3n) is 8.78. The summed E-state index contributed by atoms with van der Waals surface area (Å²) < 4.78 is 12.2. The second kappa shape index (κ2) is 15.3. The van der Waals surface area contributed by atoms with Crippen molar-refractivity contribution in [2.24, 2.45) is 10.9 Å². The Morgan fingerprint density at radius 3 is 2.07 bits per heavy atom. The maximum absolute atomic E-state index is 6.67. The molecule has 3 nitrogen and oxygen atoms in total. The summed E-state index contributed by atoms with van der Waals surface area (Å²) in [5.41, 5.74) is 5.08. The minimum absolute atomic E-state index is 0.0120. The highest BCUT2D eigenvalue weighted by molar-refractivity contribution is 7.48. The van der Waals surface area contributed by atoms with E-state index >= 15 is 0 Å². The summed E-state index contributed by atoms with van der Waals surface area (Å²) >= 11 is 0. The first-order chi connectivity index (χ1) is 19.5. The van der Waals surface area contributed by atoms with Crippen LogP contribution in [0.4, 0.5) is 0 Å². The Balaban J connectivity index is 2.90. The minimum Gasteiger partial charge on any atom is -0.467 e. The first-order valence-corrected chi connectivity index (χ1v) is 17.2. The molecule has 0 heterocycles. The highest BCUT2D eigenvalue weighted by Gasteiger charge is 2.38. The topological polar surface area (TPSA) is 30.8 Å². The lowest BCUT2D eigenvalue weighted by Crippen LogP contribution is -2.31. The number of benzene rings is 2. The van der Waals surface area contributed by atoms with Gasteiger partial charge in [-0.2, -0.15) is 0 Å². The number of methoxy groups -OCH3 is 1. The van der Waals surface area contributed by atoms with Crippen LogP contribution >= 0.6 is 8.58 Å². The Morgan fingerprint density at radius 2 is 1.50 bits per heavy atom. The zero-order chi connectivity index (χ0) is 31.8. The van der Waals surface area contributed by atoms with Gasteiger partial charge in [-0.15, -0.1) is 0 Å². The van der Waals surface area contributed by atoms with Gasteiger partial charge in [-0.3, -0.25) is 4.99 Å². The van der Waals surface area contributed by atoms with Crippen LogP contribution in [0.2, 0.25) is 0 Å².